The number of ether oxygens (including phenoxy) is 2. The lowest BCUT2D eigenvalue weighted by Crippen LogP contribution is -2.55. The zero-order chi connectivity index (χ0) is 26.3. The molecule has 1 fully saturated rings. The molecule has 196 valence electrons. The summed E-state index contributed by atoms with van der Waals surface area (Å²) >= 11 is 0. The van der Waals surface area contributed by atoms with E-state index in [0.717, 1.165) is 5.56 Å². The summed E-state index contributed by atoms with van der Waals surface area (Å²) in [6, 6.07) is 8.45. The Balaban J connectivity index is 2.21. The second-order valence-corrected chi connectivity index (χ2v) is 11.0. The van der Waals surface area contributed by atoms with Crippen molar-refractivity contribution in [3.05, 3.63) is 35.9 Å². The third-order valence-corrected chi connectivity index (χ3v) is 6.19. The maximum atomic E-state index is 13.4. The number of carboxylic acid groups (broad SMARTS) is 1. The van der Waals surface area contributed by atoms with Gasteiger partial charge in [0.15, 0.2) is 0 Å². The van der Waals surface area contributed by atoms with E-state index in [1.807, 2.05) is 58.0 Å². The standard InChI is InChI=1S/C27H42N2O6/c1-8-17(4)21(29-26(33)35-27(5,6)7)24(30)28-20(15-18-12-10-9-11-13-18)23-22(34-23)19(25(31)32)14-16(2)3/h9-13,16-17,19-23H,8,14-15H2,1-7H3,(H,28,30)(H,29,33)(H,31,32)/t17-,19+,20-,21-,22-,23-/m0/s1. The topological polar surface area (TPSA) is 117 Å². The molecule has 0 radical (unpaired) electrons. The number of aliphatic carboxylic acids is 1. The third kappa shape index (κ3) is 9.17. The Morgan fingerprint density at radius 1 is 1.06 bits per heavy atom. The number of carbonyl (C=O) groups is 3. The molecular formula is C27H42N2O6. The molecule has 35 heavy (non-hydrogen) atoms. The van der Waals surface area contributed by atoms with Crippen molar-refractivity contribution in [2.24, 2.45) is 17.8 Å². The van der Waals surface area contributed by atoms with Crippen molar-refractivity contribution < 1.29 is 29.0 Å². The number of epoxide rings is 1. The Morgan fingerprint density at radius 3 is 2.20 bits per heavy atom. The minimum atomic E-state index is -0.889. The molecule has 1 aromatic rings. The molecule has 1 saturated heterocycles. The Morgan fingerprint density at radius 2 is 1.69 bits per heavy atom. The Hall–Kier alpha value is -2.61. The maximum Gasteiger partial charge on any atom is 0.408 e. The van der Waals surface area contributed by atoms with Gasteiger partial charge in [0.05, 0.1) is 18.1 Å². The lowest BCUT2D eigenvalue weighted by molar-refractivity contribution is -0.143. The predicted molar refractivity (Wildman–Crippen MR) is 134 cm³/mol. The van der Waals surface area contributed by atoms with Crippen LogP contribution in [0.15, 0.2) is 30.3 Å². The molecule has 0 bridgehead atoms. The molecule has 1 heterocycles. The van der Waals surface area contributed by atoms with Crippen LogP contribution in [-0.2, 0) is 25.5 Å². The van der Waals surface area contributed by atoms with Gasteiger partial charge in [-0.15, -0.1) is 0 Å². The highest BCUT2D eigenvalue weighted by Crippen LogP contribution is 2.36. The van der Waals surface area contributed by atoms with Crippen molar-refractivity contribution in [2.45, 2.75) is 97.6 Å². The molecule has 2 amide bonds. The van der Waals surface area contributed by atoms with E-state index in [0.29, 0.717) is 19.3 Å². The summed E-state index contributed by atoms with van der Waals surface area (Å²) < 4.78 is 11.2. The summed E-state index contributed by atoms with van der Waals surface area (Å²) in [6.07, 6.45) is 0.124. The third-order valence-electron chi connectivity index (χ3n) is 6.19. The Kier molecular flexibility index (Phi) is 10.1. The van der Waals surface area contributed by atoms with Gasteiger partial charge >= 0.3 is 12.1 Å². The molecule has 1 aromatic carbocycles. The minimum absolute atomic E-state index is 0.136. The van der Waals surface area contributed by atoms with Crippen molar-refractivity contribution in [3.8, 4) is 0 Å². The number of benzene rings is 1. The van der Waals surface area contributed by atoms with Crippen LogP contribution >= 0.6 is 0 Å². The normalized spacial score (nSPS) is 20.9. The van der Waals surface area contributed by atoms with Crippen LogP contribution in [0.3, 0.4) is 0 Å². The van der Waals surface area contributed by atoms with Crippen LogP contribution < -0.4 is 10.6 Å². The average Bonchev–Trinajstić information content (AvgIpc) is 3.54. The van der Waals surface area contributed by atoms with E-state index in [2.05, 4.69) is 10.6 Å². The number of hydrogen-bond acceptors (Lipinski definition) is 5. The van der Waals surface area contributed by atoms with Gasteiger partial charge in [-0.1, -0.05) is 64.4 Å². The molecule has 2 rings (SSSR count). The lowest BCUT2D eigenvalue weighted by Gasteiger charge is -2.28. The summed E-state index contributed by atoms with van der Waals surface area (Å²) in [4.78, 5) is 37.8. The van der Waals surface area contributed by atoms with E-state index in [9.17, 15) is 19.5 Å². The molecule has 8 heteroatoms. The number of alkyl carbamates (subject to hydrolysis) is 1. The predicted octanol–water partition coefficient (Wildman–Crippen LogP) is 4.17. The van der Waals surface area contributed by atoms with Gasteiger partial charge in [0.2, 0.25) is 5.91 Å². The first kappa shape index (κ1) is 28.6. The Bertz CT molecular complexity index is 851. The minimum Gasteiger partial charge on any atom is -0.481 e. The van der Waals surface area contributed by atoms with Crippen LogP contribution in [0, 0.1) is 17.8 Å². The van der Waals surface area contributed by atoms with E-state index >= 15 is 0 Å². The highest BCUT2D eigenvalue weighted by Gasteiger charge is 2.52. The fraction of sp³-hybridized carbons (Fsp3) is 0.667. The van der Waals surface area contributed by atoms with Gasteiger partial charge in [0.1, 0.15) is 17.7 Å². The molecule has 0 saturated carbocycles. The van der Waals surface area contributed by atoms with E-state index in [4.69, 9.17) is 9.47 Å². The average molecular weight is 491 g/mol. The van der Waals surface area contributed by atoms with Crippen LogP contribution in [0.25, 0.3) is 0 Å². The Labute approximate surface area is 209 Å². The van der Waals surface area contributed by atoms with Crippen molar-refractivity contribution in [3.63, 3.8) is 0 Å². The van der Waals surface area contributed by atoms with E-state index < -0.39 is 47.9 Å². The molecule has 1 aliphatic heterocycles. The van der Waals surface area contributed by atoms with Crippen molar-refractivity contribution in [1.82, 2.24) is 10.6 Å². The molecule has 0 aliphatic carbocycles. The van der Waals surface area contributed by atoms with Crippen LogP contribution in [0.4, 0.5) is 4.79 Å². The van der Waals surface area contributed by atoms with Gasteiger partial charge < -0.3 is 25.2 Å². The largest absolute Gasteiger partial charge is 0.481 e. The summed E-state index contributed by atoms with van der Waals surface area (Å²) in [5.74, 6) is -1.80. The highest BCUT2D eigenvalue weighted by atomic mass is 16.6. The summed E-state index contributed by atoms with van der Waals surface area (Å²) in [5.41, 5.74) is 0.316. The van der Waals surface area contributed by atoms with Gasteiger partial charge in [-0.05, 0) is 51.0 Å². The van der Waals surface area contributed by atoms with Gasteiger partial charge in [0, 0.05) is 0 Å². The van der Waals surface area contributed by atoms with Gasteiger partial charge in [0.25, 0.3) is 0 Å². The lowest BCUT2D eigenvalue weighted by atomic mass is 9.89. The molecule has 0 spiro atoms. The van der Waals surface area contributed by atoms with Crippen molar-refractivity contribution in [1.29, 1.82) is 0 Å². The number of rotatable bonds is 12. The first-order chi connectivity index (χ1) is 16.3. The zero-order valence-corrected chi connectivity index (χ0v) is 22.0. The summed E-state index contributed by atoms with van der Waals surface area (Å²) in [6.45, 7) is 13.1. The zero-order valence-electron chi connectivity index (χ0n) is 22.0. The summed E-state index contributed by atoms with van der Waals surface area (Å²) in [7, 11) is 0. The second-order valence-electron chi connectivity index (χ2n) is 11.0. The molecule has 6 atom stereocenters. The quantitative estimate of drug-likeness (QED) is 0.379. The van der Waals surface area contributed by atoms with Crippen LogP contribution in [-0.4, -0.2) is 53.0 Å². The second kappa shape index (κ2) is 12.4. The number of carboxylic acids is 1. The molecular weight excluding hydrogens is 448 g/mol. The number of hydrogen-bond donors (Lipinski definition) is 3. The molecule has 0 aromatic heterocycles. The first-order valence-electron chi connectivity index (χ1n) is 12.5. The molecule has 1 aliphatic rings. The van der Waals surface area contributed by atoms with Crippen LogP contribution in [0.5, 0.6) is 0 Å². The van der Waals surface area contributed by atoms with Crippen LogP contribution in [0.1, 0.15) is 66.9 Å². The fourth-order valence-electron chi connectivity index (χ4n) is 4.19. The number of amides is 2. The first-order valence-corrected chi connectivity index (χ1v) is 12.5. The smallest absolute Gasteiger partial charge is 0.408 e. The maximum absolute atomic E-state index is 13.4. The number of carbonyl (C=O) groups excluding carboxylic acids is 2. The molecule has 0 unspecified atom stereocenters. The molecule has 8 nitrogen and oxygen atoms in total. The summed E-state index contributed by atoms with van der Waals surface area (Å²) in [5, 5.41) is 15.5. The fourth-order valence-corrected chi connectivity index (χ4v) is 4.19. The van der Waals surface area contributed by atoms with Gasteiger partial charge in [-0.2, -0.15) is 0 Å². The van der Waals surface area contributed by atoms with Gasteiger partial charge in [-0.3, -0.25) is 9.59 Å². The van der Waals surface area contributed by atoms with Crippen molar-refractivity contribution in [2.75, 3.05) is 0 Å². The van der Waals surface area contributed by atoms with E-state index in [1.54, 1.807) is 20.8 Å². The molecule has 3 N–H and O–H groups in total. The highest BCUT2D eigenvalue weighted by molar-refractivity contribution is 5.86. The monoisotopic (exact) mass is 490 g/mol. The van der Waals surface area contributed by atoms with Crippen molar-refractivity contribution >= 4 is 18.0 Å². The van der Waals surface area contributed by atoms with Gasteiger partial charge in [-0.25, -0.2) is 4.79 Å². The number of nitrogens with one attached hydrogen (secondary N) is 2. The van der Waals surface area contributed by atoms with E-state index in [1.165, 1.54) is 0 Å². The van der Waals surface area contributed by atoms with E-state index in [-0.39, 0.29) is 17.7 Å². The van der Waals surface area contributed by atoms with Crippen LogP contribution in [0.2, 0.25) is 0 Å². The SMILES string of the molecule is CC[C@H](C)[C@H](NC(=O)OC(C)(C)C)C(=O)N[C@@H](Cc1ccccc1)[C@@H]1O[C@H]1[C@@H](CC(C)C)C(=O)O.